The van der Waals surface area contributed by atoms with Gasteiger partial charge in [0.15, 0.2) is 0 Å². The van der Waals surface area contributed by atoms with Crippen LogP contribution in [0.25, 0.3) is 0 Å². The number of aromatic nitrogens is 4. The Balaban J connectivity index is 2.08. The van der Waals surface area contributed by atoms with Gasteiger partial charge >= 0.3 is 5.97 Å². The molecular formula is C13H14FN5O3. The molecule has 0 spiro atoms. The van der Waals surface area contributed by atoms with Crippen LogP contribution in [-0.2, 0) is 20.9 Å². The number of ether oxygens (including phenoxy) is 1. The molecule has 1 aromatic heterocycles. The first-order valence-corrected chi connectivity index (χ1v) is 6.41. The predicted octanol–water partition coefficient (Wildman–Crippen LogP) is 0.233. The maximum Gasteiger partial charge on any atom is 0.307 e. The molecule has 0 bridgehead atoms. The number of hydrogen-bond acceptors (Lipinski definition) is 6. The van der Waals surface area contributed by atoms with E-state index in [9.17, 15) is 14.0 Å². The molecule has 1 amide bonds. The zero-order valence-electron chi connectivity index (χ0n) is 11.8. The highest BCUT2D eigenvalue weighted by atomic mass is 19.1. The monoisotopic (exact) mass is 307 g/mol. The van der Waals surface area contributed by atoms with Crippen molar-refractivity contribution in [3.63, 3.8) is 0 Å². The van der Waals surface area contributed by atoms with Crippen molar-refractivity contribution >= 4 is 11.9 Å². The summed E-state index contributed by atoms with van der Waals surface area (Å²) in [5, 5.41) is 13.1. The highest BCUT2D eigenvalue weighted by Gasteiger charge is 2.19. The number of methoxy groups -OCH3 is 1. The van der Waals surface area contributed by atoms with E-state index in [0.29, 0.717) is 5.56 Å². The quantitative estimate of drug-likeness (QED) is 0.767. The Kier molecular flexibility index (Phi) is 5.12. The summed E-state index contributed by atoms with van der Waals surface area (Å²) in [5.74, 6) is -1.27. The Labute approximate surface area is 125 Å². The van der Waals surface area contributed by atoms with Gasteiger partial charge in [-0.15, -0.1) is 5.10 Å². The Morgan fingerprint density at radius 2 is 2.09 bits per heavy atom. The van der Waals surface area contributed by atoms with Crippen LogP contribution in [0.2, 0.25) is 0 Å². The van der Waals surface area contributed by atoms with Crippen LogP contribution in [0, 0.1) is 5.82 Å². The van der Waals surface area contributed by atoms with Crippen LogP contribution in [-0.4, -0.2) is 39.2 Å². The number of amides is 1. The van der Waals surface area contributed by atoms with Crippen LogP contribution in [0.5, 0.6) is 0 Å². The third-order valence-electron chi connectivity index (χ3n) is 2.90. The third kappa shape index (κ3) is 4.33. The lowest BCUT2D eigenvalue weighted by atomic mass is 10.0. The van der Waals surface area contributed by atoms with E-state index in [1.54, 1.807) is 0 Å². The maximum atomic E-state index is 13.0. The number of carbonyl (C=O) groups excluding carboxylic acids is 2. The minimum absolute atomic E-state index is 0.0660. The zero-order valence-corrected chi connectivity index (χ0v) is 11.8. The number of tetrazole rings is 1. The first-order chi connectivity index (χ1) is 10.6. The number of rotatable bonds is 6. The topological polar surface area (TPSA) is 99.0 Å². The molecule has 0 fully saturated rings. The van der Waals surface area contributed by atoms with Crippen molar-refractivity contribution in [2.24, 2.45) is 0 Å². The minimum Gasteiger partial charge on any atom is -0.469 e. The lowest BCUT2D eigenvalue weighted by Crippen LogP contribution is -2.33. The second-order valence-electron chi connectivity index (χ2n) is 4.46. The normalized spacial score (nSPS) is 11.7. The van der Waals surface area contributed by atoms with E-state index in [1.165, 1.54) is 42.4 Å². The molecule has 1 heterocycles. The lowest BCUT2D eigenvalue weighted by molar-refractivity contribution is -0.141. The summed E-state index contributed by atoms with van der Waals surface area (Å²) in [6.45, 7) is -0.0914. The van der Waals surface area contributed by atoms with E-state index in [0.717, 1.165) is 0 Å². The van der Waals surface area contributed by atoms with Crippen LogP contribution >= 0.6 is 0 Å². The molecule has 0 radical (unpaired) electrons. The molecule has 116 valence electrons. The fraction of sp³-hybridized carbons (Fsp3) is 0.308. The Bertz CT molecular complexity index is 630. The number of esters is 1. The predicted molar refractivity (Wildman–Crippen MR) is 71.7 cm³/mol. The van der Waals surface area contributed by atoms with E-state index in [1.807, 2.05) is 0 Å². The summed E-state index contributed by atoms with van der Waals surface area (Å²) in [6.07, 6.45) is 1.23. The molecule has 0 saturated heterocycles. The summed E-state index contributed by atoms with van der Waals surface area (Å²) in [7, 11) is 1.26. The van der Waals surface area contributed by atoms with Gasteiger partial charge in [0, 0.05) is 0 Å². The lowest BCUT2D eigenvalue weighted by Gasteiger charge is -2.18. The molecule has 0 aliphatic rings. The van der Waals surface area contributed by atoms with Crippen LogP contribution in [0.15, 0.2) is 30.6 Å². The molecule has 22 heavy (non-hydrogen) atoms. The molecule has 1 atom stereocenters. The Morgan fingerprint density at radius 1 is 1.36 bits per heavy atom. The molecule has 1 N–H and O–H groups in total. The molecule has 0 aliphatic heterocycles. The fourth-order valence-corrected chi connectivity index (χ4v) is 1.84. The van der Waals surface area contributed by atoms with Crippen LogP contribution < -0.4 is 5.32 Å². The van der Waals surface area contributed by atoms with E-state index in [-0.39, 0.29) is 18.9 Å². The first kappa shape index (κ1) is 15.5. The van der Waals surface area contributed by atoms with Gasteiger partial charge in [-0.05, 0) is 28.1 Å². The van der Waals surface area contributed by atoms with E-state index >= 15 is 0 Å². The summed E-state index contributed by atoms with van der Waals surface area (Å²) in [5.41, 5.74) is 0.594. The molecule has 1 aromatic carbocycles. The SMILES string of the molecule is COC(=O)CC(NC(=O)Cn1cnnn1)c1ccc(F)cc1. The average Bonchev–Trinajstić information content (AvgIpc) is 3.00. The van der Waals surface area contributed by atoms with Crippen LogP contribution in [0.3, 0.4) is 0 Å². The highest BCUT2D eigenvalue weighted by Crippen LogP contribution is 2.18. The average molecular weight is 307 g/mol. The van der Waals surface area contributed by atoms with Gasteiger partial charge in [0.05, 0.1) is 19.6 Å². The van der Waals surface area contributed by atoms with Crippen LogP contribution in [0.4, 0.5) is 4.39 Å². The van der Waals surface area contributed by atoms with E-state index < -0.39 is 17.8 Å². The van der Waals surface area contributed by atoms with Crippen molar-refractivity contribution in [3.8, 4) is 0 Å². The molecule has 2 rings (SSSR count). The molecule has 0 saturated carbocycles. The number of benzene rings is 1. The molecule has 9 heteroatoms. The summed E-state index contributed by atoms with van der Waals surface area (Å²) in [4.78, 5) is 23.5. The summed E-state index contributed by atoms with van der Waals surface area (Å²) in [6, 6.07) is 4.89. The highest BCUT2D eigenvalue weighted by molar-refractivity contribution is 5.77. The second-order valence-corrected chi connectivity index (χ2v) is 4.46. The summed E-state index contributed by atoms with van der Waals surface area (Å²) < 4.78 is 18.8. The van der Waals surface area contributed by atoms with Gasteiger partial charge in [-0.25, -0.2) is 9.07 Å². The van der Waals surface area contributed by atoms with Gasteiger partial charge < -0.3 is 10.1 Å². The van der Waals surface area contributed by atoms with Gasteiger partial charge in [-0.2, -0.15) is 0 Å². The molecule has 0 aliphatic carbocycles. The van der Waals surface area contributed by atoms with Crippen molar-refractivity contribution in [3.05, 3.63) is 42.0 Å². The van der Waals surface area contributed by atoms with Gasteiger partial charge in [0.2, 0.25) is 5.91 Å². The maximum absolute atomic E-state index is 13.0. The number of nitrogens with zero attached hydrogens (tertiary/aromatic N) is 4. The van der Waals surface area contributed by atoms with E-state index in [2.05, 4.69) is 25.6 Å². The Morgan fingerprint density at radius 3 is 2.68 bits per heavy atom. The van der Waals surface area contributed by atoms with Crippen LogP contribution in [0.1, 0.15) is 18.0 Å². The molecular weight excluding hydrogens is 293 g/mol. The smallest absolute Gasteiger partial charge is 0.307 e. The number of hydrogen-bond donors (Lipinski definition) is 1. The number of halogens is 1. The van der Waals surface area contributed by atoms with E-state index in [4.69, 9.17) is 0 Å². The third-order valence-corrected chi connectivity index (χ3v) is 2.90. The number of nitrogens with one attached hydrogen (secondary N) is 1. The van der Waals surface area contributed by atoms with Gasteiger partial charge in [0.25, 0.3) is 0 Å². The van der Waals surface area contributed by atoms with Gasteiger partial charge in [-0.3, -0.25) is 9.59 Å². The van der Waals surface area contributed by atoms with Gasteiger partial charge in [-0.1, -0.05) is 12.1 Å². The van der Waals surface area contributed by atoms with Crippen molar-refractivity contribution in [1.82, 2.24) is 25.5 Å². The second kappa shape index (κ2) is 7.25. The zero-order chi connectivity index (χ0) is 15.9. The van der Waals surface area contributed by atoms with Crippen molar-refractivity contribution in [2.75, 3.05) is 7.11 Å². The largest absolute Gasteiger partial charge is 0.469 e. The van der Waals surface area contributed by atoms with Gasteiger partial charge in [0.1, 0.15) is 18.7 Å². The Hall–Kier alpha value is -2.84. The molecule has 8 nitrogen and oxygen atoms in total. The minimum atomic E-state index is -0.628. The summed E-state index contributed by atoms with van der Waals surface area (Å²) >= 11 is 0. The fourth-order valence-electron chi connectivity index (χ4n) is 1.84. The molecule has 2 aromatic rings. The van der Waals surface area contributed by atoms with Crippen molar-refractivity contribution < 1.29 is 18.7 Å². The first-order valence-electron chi connectivity index (χ1n) is 6.41. The molecule has 1 unspecified atom stereocenters. The number of carbonyl (C=O) groups is 2. The standard InChI is InChI=1S/C13H14FN5O3/c1-22-13(21)6-11(9-2-4-10(14)5-3-9)16-12(20)7-19-8-15-17-18-19/h2-5,8,11H,6-7H2,1H3,(H,16,20). The van der Waals surface area contributed by atoms with Crippen molar-refractivity contribution in [2.45, 2.75) is 19.0 Å². The van der Waals surface area contributed by atoms with Crippen molar-refractivity contribution in [1.29, 1.82) is 0 Å².